The van der Waals surface area contributed by atoms with E-state index in [4.69, 9.17) is 4.74 Å². The number of hydrogen-bond acceptors (Lipinski definition) is 3. The van der Waals surface area contributed by atoms with Crippen molar-refractivity contribution >= 4 is 34.2 Å². The summed E-state index contributed by atoms with van der Waals surface area (Å²) in [4.78, 5) is 11.0. The summed E-state index contributed by atoms with van der Waals surface area (Å²) in [5.74, 6) is -0.246. The molecule has 72 valence electrons. The molecule has 1 aliphatic heterocycles. The highest BCUT2D eigenvalue weighted by molar-refractivity contribution is 14.1. The van der Waals surface area contributed by atoms with E-state index in [0.29, 0.717) is 10.2 Å². The lowest BCUT2D eigenvalue weighted by Crippen LogP contribution is -2.01. The average molecular weight is 301 g/mol. The highest BCUT2D eigenvalue weighted by Crippen LogP contribution is 2.23. The molecule has 1 N–H and O–H groups in total. The fourth-order valence-electron chi connectivity index (χ4n) is 1.17. The Kier molecular flexibility index (Phi) is 2.72. The fraction of sp³-hybridized carbons (Fsp3) is 0.100. The molecule has 0 aromatic heterocycles. The molecule has 0 unspecified atom stereocenters. The molecule has 0 spiro atoms. The number of benzene rings is 1. The Balaban J connectivity index is 2.17. The minimum Gasteiger partial charge on any atom is -0.455 e. The van der Waals surface area contributed by atoms with Crippen molar-refractivity contribution in [2.75, 3.05) is 11.9 Å². The van der Waals surface area contributed by atoms with Crippen LogP contribution < -0.4 is 5.32 Å². The Morgan fingerprint density at radius 3 is 2.57 bits per heavy atom. The second-order valence-corrected chi connectivity index (χ2v) is 3.94. The average Bonchev–Trinajstić information content (AvgIpc) is 2.52. The molecule has 1 aromatic carbocycles. The monoisotopic (exact) mass is 301 g/mol. The van der Waals surface area contributed by atoms with E-state index in [1.807, 2.05) is 52.9 Å². The van der Waals surface area contributed by atoms with Gasteiger partial charge in [0.15, 0.2) is 0 Å². The summed E-state index contributed by atoms with van der Waals surface area (Å²) >= 11 is 1.99. The van der Waals surface area contributed by atoms with Gasteiger partial charge in [-0.05, 0) is 34.7 Å². The Labute approximate surface area is 95.3 Å². The van der Waals surface area contributed by atoms with Gasteiger partial charge >= 0.3 is 5.97 Å². The van der Waals surface area contributed by atoms with Crippen LogP contribution in [-0.4, -0.2) is 12.6 Å². The molecule has 0 aliphatic carbocycles. The van der Waals surface area contributed by atoms with Gasteiger partial charge in [0.25, 0.3) is 0 Å². The molecule has 0 bridgehead atoms. The molecule has 0 saturated heterocycles. The van der Waals surface area contributed by atoms with Gasteiger partial charge in [-0.15, -0.1) is 0 Å². The largest absolute Gasteiger partial charge is 0.455 e. The first-order chi connectivity index (χ1) is 6.77. The van der Waals surface area contributed by atoms with Gasteiger partial charge in [-0.1, -0.05) is 18.2 Å². The molecule has 1 aromatic rings. The van der Waals surface area contributed by atoms with Gasteiger partial charge in [-0.3, -0.25) is 0 Å². The highest BCUT2D eigenvalue weighted by Gasteiger charge is 2.22. The maximum atomic E-state index is 11.0. The summed E-state index contributed by atoms with van der Waals surface area (Å²) in [5.41, 5.74) is 1.80. The van der Waals surface area contributed by atoms with E-state index in [-0.39, 0.29) is 5.97 Å². The normalized spacial score (nSPS) is 15.6. The molecule has 0 atom stereocenters. The smallest absolute Gasteiger partial charge is 0.346 e. The molecular weight excluding hydrogens is 293 g/mol. The maximum absolute atomic E-state index is 11.0. The molecule has 2 rings (SSSR count). The van der Waals surface area contributed by atoms with Gasteiger partial charge in [-0.2, -0.15) is 0 Å². The Morgan fingerprint density at radius 2 is 2.00 bits per heavy atom. The molecule has 1 aliphatic rings. The van der Waals surface area contributed by atoms with Gasteiger partial charge in [0.1, 0.15) is 10.2 Å². The summed E-state index contributed by atoms with van der Waals surface area (Å²) in [6.45, 7) is 0.339. The lowest BCUT2D eigenvalue weighted by atomic mass is 10.3. The first-order valence-corrected chi connectivity index (χ1v) is 5.23. The second kappa shape index (κ2) is 4.00. The van der Waals surface area contributed by atoms with Crippen molar-refractivity contribution in [3.63, 3.8) is 0 Å². The topological polar surface area (TPSA) is 38.3 Å². The van der Waals surface area contributed by atoms with Crippen molar-refractivity contribution in [3.05, 3.63) is 39.6 Å². The lowest BCUT2D eigenvalue weighted by molar-refractivity contribution is -0.135. The number of ether oxygens (including phenoxy) is 1. The third-order valence-corrected chi connectivity index (χ3v) is 2.95. The fourth-order valence-corrected chi connectivity index (χ4v) is 1.62. The standard InChI is InChI=1S/C10H8INO2/c11-9-8(6-14-10(9)13)12-7-4-2-1-3-5-7/h1-5,12H,6H2. The van der Waals surface area contributed by atoms with E-state index in [9.17, 15) is 4.79 Å². The summed E-state index contributed by atoms with van der Waals surface area (Å²) in [5, 5.41) is 3.15. The zero-order valence-corrected chi connectivity index (χ0v) is 9.45. The van der Waals surface area contributed by atoms with Crippen LogP contribution in [0.1, 0.15) is 0 Å². The van der Waals surface area contributed by atoms with Gasteiger partial charge in [-0.25, -0.2) is 4.79 Å². The minimum absolute atomic E-state index is 0.246. The van der Waals surface area contributed by atoms with Gasteiger partial charge < -0.3 is 10.1 Å². The third kappa shape index (κ3) is 1.89. The number of nitrogens with one attached hydrogen (secondary N) is 1. The first-order valence-electron chi connectivity index (χ1n) is 4.15. The van der Waals surface area contributed by atoms with Gasteiger partial charge in [0, 0.05) is 5.69 Å². The SMILES string of the molecule is O=C1OCC(Nc2ccccc2)=C1I. The molecular formula is C10H8INO2. The predicted octanol–water partition coefficient (Wildman–Crippen LogP) is 2.30. The van der Waals surface area contributed by atoms with E-state index in [1.54, 1.807) is 0 Å². The summed E-state index contributed by atoms with van der Waals surface area (Å²) in [6, 6.07) is 9.71. The molecule has 0 saturated carbocycles. The molecule has 0 radical (unpaired) electrons. The third-order valence-electron chi connectivity index (χ3n) is 1.86. The molecule has 4 heteroatoms. The zero-order chi connectivity index (χ0) is 9.97. The van der Waals surface area contributed by atoms with Crippen molar-refractivity contribution in [3.8, 4) is 0 Å². The number of hydrogen-bond donors (Lipinski definition) is 1. The van der Waals surface area contributed by atoms with Crippen molar-refractivity contribution in [1.29, 1.82) is 0 Å². The summed E-state index contributed by atoms with van der Waals surface area (Å²) in [7, 11) is 0. The van der Waals surface area contributed by atoms with Crippen molar-refractivity contribution < 1.29 is 9.53 Å². The summed E-state index contributed by atoms with van der Waals surface area (Å²) in [6.07, 6.45) is 0. The minimum atomic E-state index is -0.246. The second-order valence-electron chi connectivity index (χ2n) is 2.86. The number of carbonyl (C=O) groups is 1. The van der Waals surface area contributed by atoms with Crippen LogP contribution in [0.3, 0.4) is 0 Å². The summed E-state index contributed by atoms with van der Waals surface area (Å²) < 4.78 is 5.50. The molecule has 3 nitrogen and oxygen atoms in total. The van der Waals surface area contributed by atoms with Crippen molar-refractivity contribution in [2.24, 2.45) is 0 Å². The molecule has 14 heavy (non-hydrogen) atoms. The quantitative estimate of drug-likeness (QED) is 0.673. The Hall–Kier alpha value is -1.04. The number of esters is 1. The van der Waals surface area contributed by atoms with Crippen LogP contribution in [0.2, 0.25) is 0 Å². The van der Waals surface area contributed by atoms with Crippen LogP contribution in [0.5, 0.6) is 0 Å². The van der Waals surface area contributed by atoms with Crippen molar-refractivity contribution in [1.82, 2.24) is 0 Å². The number of para-hydroxylation sites is 1. The van der Waals surface area contributed by atoms with E-state index in [2.05, 4.69) is 5.32 Å². The predicted molar refractivity (Wildman–Crippen MR) is 62.1 cm³/mol. The van der Waals surface area contributed by atoms with Crippen LogP contribution >= 0.6 is 22.6 Å². The van der Waals surface area contributed by atoms with E-state index >= 15 is 0 Å². The van der Waals surface area contributed by atoms with Crippen LogP contribution in [0.4, 0.5) is 5.69 Å². The molecule has 0 amide bonds. The number of halogens is 1. The molecule has 1 heterocycles. The van der Waals surface area contributed by atoms with Crippen LogP contribution in [0.15, 0.2) is 39.6 Å². The number of carbonyl (C=O) groups excluding carboxylic acids is 1. The van der Waals surface area contributed by atoms with E-state index in [1.165, 1.54) is 0 Å². The van der Waals surface area contributed by atoms with Crippen LogP contribution in [0.25, 0.3) is 0 Å². The molecule has 0 fully saturated rings. The van der Waals surface area contributed by atoms with E-state index < -0.39 is 0 Å². The Bertz CT molecular complexity index is 386. The van der Waals surface area contributed by atoms with Crippen LogP contribution in [-0.2, 0) is 9.53 Å². The van der Waals surface area contributed by atoms with Gasteiger partial charge in [0.05, 0.1) is 5.70 Å². The number of anilines is 1. The number of rotatable bonds is 2. The Morgan fingerprint density at radius 1 is 1.29 bits per heavy atom. The number of cyclic esters (lactones) is 1. The highest BCUT2D eigenvalue weighted by atomic mass is 127. The first kappa shape index (κ1) is 9.51. The van der Waals surface area contributed by atoms with Gasteiger partial charge in [0.2, 0.25) is 0 Å². The van der Waals surface area contributed by atoms with E-state index in [0.717, 1.165) is 11.4 Å². The van der Waals surface area contributed by atoms with Crippen molar-refractivity contribution in [2.45, 2.75) is 0 Å². The lowest BCUT2D eigenvalue weighted by Gasteiger charge is -2.04. The zero-order valence-electron chi connectivity index (χ0n) is 7.29. The van der Waals surface area contributed by atoms with Crippen LogP contribution in [0, 0.1) is 0 Å². The maximum Gasteiger partial charge on any atom is 0.346 e.